The van der Waals surface area contributed by atoms with E-state index >= 15 is 0 Å². The summed E-state index contributed by atoms with van der Waals surface area (Å²) < 4.78 is 1.91. The highest BCUT2D eigenvalue weighted by molar-refractivity contribution is 5.31. The minimum atomic E-state index is 0.492. The van der Waals surface area contributed by atoms with Crippen LogP contribution in [0.25, 0.3) is 5.78 Å². The zero-order chi connectivity index (χ0) is 8.55. The summed E-state index contributed by atoms with van der Waals surface area (Å²) in [5, 5.41) is 0. The van der Waals surface area contributed by atoms with E-state index in [0.717, 1.165) is 11.3 Å². The molecule has 0 atom stereocenters. The lowest BCUT2D eigenvalue weighted by Crippen LogP contribution is -2.01. The van der Waals surface area contributed by atoms with Crippen molar-refractivity contribution in [1.82, 2.24) is 14.4 Å². The fraction of sp³-hybridized carbons (Fsp3) is 0.250. The number of hydrogen-bond donors (Lipinski definition) is 1. The lowest BCUT2D eigenvalue weighted by Gasteiger charge is -1.97. The molecule has 2 aromatic rings. The van der Waals surface area contributed by atoms with Gasteiger partial charge in [0.25, 0.3) is 0 Å². The Bertz CT molecular complexity index is 404. The number of rotatable bonds is 1. The molecule has 0 fully saturated rings. The average Bonchev–Trinajstić information content (AvgIpc) is 2.46. The van der Waals surface area contributed by atoms with Crippen LogP contribution in [0.4, 0.5) is 0 Å². The molecule has 0 saturated heterocycles. The van der Waals surface area contributed by atoms with Crippen LogP contribution < -0.4 is 5.73 Å². The highest BCUT2D eigenvalue weighted by Crippen LogP contribution is 2.04. The maximum atomic E-state index is 5.52. The van der Waals surface area contributed by atoms with E-state index < -0.39 is 0 Å². The predicted molar refractivity (Wildman–Crippen MR) is 45.6 cm³/mol. The van der Waals surface area contributed by atoms with E-state index in [1.54, 1.807) is 12.4 Å². The van der Waals surface area contributed by atoms with Gasteiger partial charge in [0.05, 0.1) is 11.9 Å². The summed E-state index contributed by atoms with van der Waals surface area (Å²) in [6, 6.07) is 0. The fourth-order valence-corrected chi connectivity index (χ4v) is 1.17. The van der Waals surface area contributed by atoms with Crippen LogP contribution >= 0.6 is 0 Å². The zero-order valence-electron chi connectivity index (χ0n) is 6.86. The molecule has 0 saturated carbocycles. The monoisotopic (exact) mass is 162 g/mol. The minimum absolute atomic E-state index is 0.492. The first-order valence-corrected chi connectivity index (χ1v) is 3.80. The second kappa shape index (κ2) is 2.57. The first-order chi connectivity index (χ1) is 5.81. The fourth-order valence-electron chi connectivity index (χ4n) is 1.17. The van der Waals surface area contributed by atoms with Crippen LogP contribution in [0, 0.1) is 6.92 Å². The summed E-state index contributed by atoms with van der Waals surface area (Å²) in [6.07, 6.45) is 5.53. The first-order valence-electron chi connectivity index (χ1n) is 3.80. The number of hydrogen-bond acceptors (Lipinski definition) is 3. The van der Waals surface area contributed by atoms with Crippen LogP contribution in [0.2, 0.25) is 0 Å². The standard InChI is InChI=1S/C8H10N4/c1-6-3-10-8-11-4-7(2-9)12(8)5-6/h3-5H,2,9H2,1H3. The maximum Gasteiger partial charge on any atom is 0.233 e. The Morgan fingerprint density at radius 3 is 2.92 bits per heavy atom. The molecule has 0 bridgehead atoms. The molecule has 4 heteroatoms. The molecule has 0 radical (unpaired) electrons. The van der Waals surface area contributed by atoms with Gasteiger partial charge in [0.15, 0.2) is 0 Å². The first kappa shape index (κ1) is 7.24. The van der Waals surface area contributed by atoms with Crippen molar-refractivity contribution < 1.29 is 0 Å². The molecule has 12 heavy (non-hydrogen) atoms. The second-order valence-electron chi connectivity index (χ2n) is 2.75. The summed E-state index contributed by atoms with van der Waals surface area (Å²) in [5.41, 5.74) is 7.62. The Labute approximate surface area is 70.1 Å². The van der Waals surface area contributed by atoms with Gasteiger partial charge in [-0.1, -0.05) is 0 Å². The van der Waals surface area contributed by atoms with Gasteiger partial charge in [-0.15, -0.1) is 0 Å². The smallest absolute Gasteiger partial charge is 0.233 e. The van der Waals surface area contributed by atoms with E-state index in [1.165, 1.54) is 0 Å². The highest BCUT2D eigenvalue weighted by atomic mass is 15.1. The van der Waals surface area contributed by atoms with E-state index in [0.29, 0.717) is 12.3 Å². The third-order valence-electron chi connectivity index (χ3n) is 1.78. The van der Waals surface area contributed by atoms with Crippen LogP contribution in [0.15, 0.2) is 18.6 Å². The predicted octanol–water partition coefficient (Wildman–Crippen LogP) is 0.496. The lowest BCUT2D eigenvalue weighted by molar-refractivity contribution is 0.940. The Kier molecular flexibility index (Phi) is 1.55. The summed E-state index contributed by atoms with van der Waals surface area (Å²) in [7, 11) is 0. The third-order valence-corrected chi connectivity index (χ3v) is 1.78. The molecule has 0 spiro atoms. The van der Waals surface area contributed by atoms with E-state index in [-0.39, 0.29) is 0 Å². The topological polar surface area (TPSA) is 56.2 Å². The van der Waals surface area contributed by atoms with Crippen molar-refractivity contribution in [2.75, 3.05) is 0 Å². The molecule has 0 unspecified atom stereocenters. The molecule has 0 aromatic carbocycles. The van der Waals surface area contributed by atoms with Crippen molar-refractivity contribution in [2.45, 2.75) is 13.5 Å². The normalized spacial score (nSPS) is 10.8. The van der Waals surface area contributed by atoms with Gasteiger partial charge < -0.3 is 5.73 Å². The van der Waals surface area contributed by atoms with Gasteiger partial charge in [-0.05, 0) is 12.5 Å². The van der Waals surface area contributed by atoms with Crippen LogP contribution in [0.3, 0.4) is 0 Å². The van der Waals surface area contributed by atoms with Gasteiger partial charge >= 0.3 is 0 Å². The summed E-state index contributed by atoms with van der Waals surface area (Å²) in [4.78, 5) is 8.25. The number of fused-ring (bicyclic) bond motifs is 1. The third kappa shape index (κ3) is 0.967. The second-order valence-corrected chi connectivity index (χ2v) is 2.75. The van der Waals surface area contributed by atoms with E-state index in [2.05, 4.69) is 9.97 Å². The molecule has 0 amide bonds. The summed E-state index contributed by atoms with van der Waals surface area (Å²) in [6.45, 7) is 2.49. The number of aryl methyl sites for hydroxylation is 1. The molecule has 2 N–H and O–H groups in total. The van der Waals surface area contributed by atoms with Crippen molar-refractivity contribution in [3.8, 4) is 0 Å². The average molecular weight is 162 g/mol. The van der Waals surface area contributed by atoms with Gasteiger partial charge in [0, 0.05) is 18.9 Å². The van der Waals surface area contributed by atoms with Crippen LogP contribution in [-0.2, 0) is 6.54 Å². The van der Waals surface area contributed by atoms with Crippen LogP contribution in [0.5, 0.6) is 0 Å². The van der Waals surface area contributed by atoms with Crippen LogP contribution in [0.1, 0.15) is 11.3 Å². The molecule has 4 nitrogen and oxygen atoms in total. The van der Waals surface area contributed by atoms with Crippen LogP contribution in [-0.4, -0.2) is 14.4 Å². The molecule has 62 valence electrons. The SMILES string of the molecule is Cc1cnc2ncc(CN)n2c1. The zero-order valence-corrected chi connectivity index (χ0v) is 6.86. The quantitative estimate of drug-likeness (QED) is 0.664. The Balaban J connectivity index is 2.75. The van der Waals surface area contributed by atoms with Gasteiger partial charge in [0.2, 0.25) is 5.78 Å². The van der Waals surface area contributed by atoms with Gasteiger partial charge in [-0.3, -0.25) is 4.40 Å². The van der Waals surface area contributed by atoms with Crippen molar-refractivity contribution in [2.24, 2.45) is 5.73 Å². The van der Waals surface area contributed by atoms with Crippen molar-refractivity contribution in [3.05, 3.63) is 29.8 Å². The molecule has 2 heterocycles. The molecule has 0 aliphatic heterocycles. The number of nitrogens with two attached hydrogens (primary N) is 1. The van der Waals surface area contributed by atoms with E-state index in [1.807, 2.05) is 17.5 Å². The molecule has 2 aromatic heterocycles. The van der Waals surface area contributed by atoms with Gasteiger partial charge in [0.1, 0.15) is 0 Å². The van der Waals surface area contributed by atoms with Gasteiger partial charge in [-0.25, -0.2) is 9.97 Å². The van der Waals surface area contributed by atoms with Gasteiger partial charge in [-0.2, -0.15) is 0 Å². The molecule has 0 aliphatic carbocycles. The van der Waals surface area contributed by atoms with E-state index in [4.69, 9.17) is 5.73 Å². The number of nitrogens with zero attached hydrogens (tertiary/aromatic N) is 3. The summed E-state index contributed by atoms with van der Waals surface area (Å²) >= 11 is 0. The largest absolute Gasteiger partial charge is 0.325 e. The van der Waals surface area contributed by atoms with E-state index in [9.17, 15) is 0 Å². The van der Waals surface area contributed by atoms with Crippen molar-refractivity contribution in [1.29, 1.82) is 0 Å². The Morgan fingerprint density at radius 1 is 1.42 bits per heavy atom. The Hall–Kier alpha value is -1.42. The molecule has 0 aliphatic rings. The minimum Gasteiger partial charge on any atom is -0.325 e. The Morgan fingerprint density at radius 2 is 2.17 bits per heavy atom. The number of imidazole rings is 1. The molecular weight excluding hydrogens is 152 g/mol. The van der Waals surface area contributed by atoms with Crippen molar-refractivity contribution in [3.63, 3.8) is 0 Å². The maximum absolute atomic E-state index is 5.52. The number of aromatic nitrogens is 3. The molecular formula is C8H10N4. The summed E-state index contributed by atoms with van der Waals surface area (Å²) in [5.74, 6) is 0.709. The molecule has 2 rings (SSSR count). The highest BCUT2D eigenvalue weighted by Gasteiger charge is 2.00. The lowest BCUT2D eigenvalue weighted by atomic mass is 10.4. The van der Waals surface area contributed by atoms with Crippen molar-refractivity contribution >= 4 is 5.78 Å².